The first-order chi connectivity index (χ1) is 18.5. The monoisotopic (exact) mass is 515 g/mol. The van der Waals surface area contributed by atoms with Crippen molar-refractivity contribution < 1.29 is 9.59 Å². The van der Waals surface area contributed by atoms with Crippen molar-refractivity contribution in [2.75, 3.05) is 4.90 Å². The molecule has 0 spiro atoms. The Morgan fingerprint density at radius 2 is 1.55 bits per heavy atom. The number of carbonyl (C=O) groups excluding carboxylic acids is 2. The van der Waals surface area contributed by atoms with Crippen molar-refractivity contribution in [1.29, 1.82) is 0 Å². The SMILES string of the molecule is CCc1ccc(N2C(=O)/C(=C/c3cn(Cc4ccc5ccccc5c4)c4ccccc34)C(=O)NC2=S)cc1. The first kappa shape index (κ1) is 23.8. The molecule has 1 aliphatic heterocycles. The van der Waals surface area contributed by atoms with Crippen molar-refractivity contribution in [2.45, 2.75) is 19.9 Å². The van der Waals surface area contributed by atoms with Crippen LogP contribution in [0.1, 0.15) is 23.6 Å². The fourth-order valence-electron chi connectivity index (χ4n) is 4.98. The average Bonchev–Trinajstić information content (AvgIpc) is 3.28. The van der Waals surface area contributed by atoms with Gasteiger partial charge in [-0.1, -0.05) is 73.7 Å². The van der Waals surface area contributed by atoms with E-state index in [9.17, 15) is 9.59 Å². The van der Waals surface area contributed by atoms with Gasteiger partial charge >= 0.3 is 0 Å². The molecule has 0 atom stereocenters. The summed E-state index contributed by atoms with van der Waals surface area (Å²) in [5, 5.41) is 6.13. The summed E-state index contributed by atoms with van der Waals surface area (Å²) in [6.07, 6.45) is 4.57. The molecule has 0 bridgehead atoms. The molecule has 5 aromatic rings. The molecule has 1 aliphatic rings. The maximum Gasteiger partial charge on any atom is 0.270 e. The Morgan fingerprint density at radius 3 is 2.34 bits per heavy atom. The van der Waals surface area contributed by atoms with E-state index in [-0.39, 0.29) is 10.7 Å². The normalized spacial score (nSPS) is 15.0. The van der Waals surface area contributed by atoms with Crippen LogP contribution in [0.2, 0.25) is 0 Å². The fourth-order valence-corrected chi connectivity index (χ4v) is 5.26. The molecule has 1 fully saturated rings. The molecule has 0 aliphatic carbocycles. The van der Waals surface area contributed by atoms with Gasteiger partial charge in [-0.3, -0.25) is 19.8 Å². The molecule has 38 heavy (non-hydrogen) atoms. The first-order valence-corrected chi connectivity index (χ1v) is 13.0. The molecule has 186 valence electrons. The summed E-state index contributed by atoms with van der Waals surface area (Å²) in [5.41, 5.74) is 4.83. The number of thiocarbonyl (C=S) groups is 1. The molecule has 0 radical (unpaired) electrons. The lowest BCUT2D eigenvalue weighted by Crippen LogP contribution is -2.54. The van der Waals surface area contributed by atoms with Crippen molar-refractivity contribution in [1.82, 2.24) is 9.88 Å². The molecule has 5 nitrogen and oxygen atoms in total. The van der Waals surface area contributed by atoms with Crippen LogP contribution in [0.5, 0.6) is 0 Å². The van der Waals surface area contributed by atoms with Crippen LogP contribution in [0.15, 0.2) is 103 Å². The molecule has 0 unspecified atom stereocenters. The van der Waals surface area contributed by atoms with Crippen LogP contribution in [-0.2, 0) is 22.6 Å². The van der Waals surface area contributed by atoms with Crippen molar-refractivity contribution in [3.63, 3.8) is 0 Å². The van der Waals surface area contributed by atoms with Crippen LogP contribution < -0.4 is 10.2 Å². The number of hydrogen-bond acceptors (Lipinski definition) is 3. The third-order valence-electron chi connectivity index (χ3n) is 6.99. The molecule has 4 aromatic carbocycles. The number of nitrogens with one attached hydrogen (secondary N) is 1. The van der Waals surface area contributed by atoms with Gasteiger partial charge in [-0.15, -0.1) is 0 Å². The van der Waals surface area contributed by atoms with E-state index >= 15 is 0 Å². The van der Waals surface area contributed by atoms with Crippen molar-refractivity contribution in [2.24, 2.45) is 0 Å². The van der Waals surface area contributed by atoms with E-state index in [1.165, 1.54) is 21.2 Å². The zero-order chi connectivity index (χ0) is 26.2. The van der Waals surface area contributed by atoms with Gasteiger partial charge in [-0.05, 0) is 70.9 Å². The number of nitrogens with zero attached hydrogens (tertiary/aromatic N) is 2. The molecule has 0 saturated carbocycles. The molecule has 1 N–H and O–H groups in total. The number of fused-ring (bicyclic) bond motifs is 2. The average molecular weight is 516 g/mol. The standard InChI is InChI=1S/C32H25N3O2S/c1-2-21-12-15-26(16-13-21)35-31(37)28(30(36)33-32(35)38)18-25-20-34(29-10-6-5-9-27(25)29)19-22-11-14-23-7-3-4-8-24(23)17-22/h3-18,20H,2,19H2,1H3,(H,33,36,38)/b28-18+. The second-order valence-electron chi connectivity index (χ2n) is 9.39. The number of benzene rings is 4. The van der Waals surface area contributed by atoms with E-state index in [0.29, 0.717) is 12.2 Å². The highest BCUT2D eigenvalue weighted by atomic mass is 32.1. The Hall–Kier alpha value is -4.55. The minimum Gasteiger partial charge on any atom is -0.342 e. The maximum atomic E-state index is 13.6. The summed E-state index contributed by atoms with van der Waals surface area (Å²) in [6, 6.07) is 30.4. The summed E-state index contributed by atoms with van der Waals surface area (Å²) < 4.78 is 2.16. The molecule has 2 amide bonds. The second kappa shape index (κ2) is 9.72. The van der Waals surface area contributed by atoms with Crippen molar-refractivity contribution >= 4 is 62.6 Å². The minimum atomic E-state index is -0.493. The highest BCUT2D eigenvalue weighted by Gasteiger charge is 2.34. The third-order valence-corrected chi connectivity index (χ3v) is 7.28. The molecule has 1 aromatic heterocycles. The molecule has 1 saturated heterocycles. The number of para-hydroxylation sites is 1. The van der Waals surface area contributed by atoms with Crippen LogP contribution in [0.3, 0.4) is 0 Å². The predicted molar refractivity (Wildman–Crippen MR) is 157 cm³/mol. The Labute approximate surface area is 226 Å². The van der Waals surface area contributed by atoms with Gasteiger partial charge in [0.1, 0.15) is 5.57 Å². The van der Waals surface area contributed by atoms with Gasteiger partial charge in [0.05, 0.1) is 5.69 Å². The fraction of sp³-hybridized carbons (Fsp3) is 0.0938. The van der Waals surface area contributed by atoms with Gasteiger partial charge in [-0.2, -0.15) is 0 Å². The number of aryl methyl sites for hydroxylation is 1. The van der Waals surface area contributed by atoms with Gasteiger partial charge in [0.25, 0.3) is 11.8 Å². The van der Waals surface area contributed by atoms with Crippen LogP contribution in [0.25, 0.3) is 27.8 Å². The van der Waals surface area contributed by atoms with E-state index < -0.39 is 11.8 Å². The molecular formula is C32H25N3O2S. The molecular weight excluding hydrogens is 490 g/mol. The minimum absolute atomic E-state index is 0.0479. The quantitative estimate of drug-likeness (QED) is 0.171. The molecule has 6 heteroatoms. The number of hydrogen-bond donors (Lipinski definition) is 1. The Kier molecular flexibility index (Phi) is 6.10. The lowest BCUT2D eigenvalue weighted by atomic mass is 10.1. The predicted octanol–water partition coefficient (Wildman–Crippen LogP) is 6.24. The first-order valence-electron chi connectivity index (χ1n) is 12.6. The van der Waals surface area contributed by atoms with Crippen LogP contribution in [-0.4, -0.2) is 21.5 Å². The van der Waals surface area contributed by atoms with E-state index in [1.807, 2.05) is 60.8 Å². The lowest BCUT2D eigenvalue weighted by molar-refractivity contribution is -0.122. The molecule has 6 rings (SSSR count). The summed E-state index contributed by atoms with van der Waals surface area (Å²) >= 11 is 5.37. The Morgan fingerprint density at radius 1 is 0.842 bits per heavy atom. The van der Waals surface area contributed by atoms with Gasteiger partial charge in [0.2, 0.25) is 0 Å². The smallest absolute Gasteiger partial charge is 0.270 e. The Bertz CT molecular complexity index is 1770. The van der Waals surface area contributed by atoms with Crippen LogP contribution in [0.4, 0.5) is 5.69 Å². The molecule has 2 heterocycles. The van der Waals surface area contributed by atoms with E-state index in [1.54, 1.807) is 6.08 Å². The number of carbonyl (C=O) groups is 2. The lowest BCUT2D eigenvalue weighted by Gasteiger charge is -2.29. The number of aromatic nitrogens is 1. The zero-order valence-electron chi connectivity index (χ0n) is 20.8. The number of rotatable bonds is 5. The van der Waals surface area contributed by atoms with E-state index in [0.717, 1.165) is 28.5 Å². The van der Waals surface area contributed by atoms with E-state index in [4.69, 9.17) is 12.2 Å². The van der Waals surface area contributed by atoms with Crippen LogP contribution >= 0.6 is 12.2 Å². The summed E-state index contributed by atoms with van der Waals surface area (Å²) in [6.45, 7) is 2.73. The zero-order valence-corrected chi connectivity index (χ0v) is 21.7. The number of anilines is 1. The van der Waals surface area contributed by atoms with Crippen molar-refractivity contribution in [3.8, 4) is 0 Å². The highest BCUT2D eigenvalue weighted by molar-refractivity contribution is 7.80. The topological polar surface area (TPSA) is 54.3 Å². The number of amides is 2. The van der Waals surface area contributed by atoms with Crippen molar-refractivity contribution in [3.05, 3.63) is 119 Å². The second-order valence-corrected chi connectivity index (χ2v) is 9.78. The summed E-state index contributed by atoms with van der Waals surface area (Å²) in [5.74, 6) is -0.929. The summed E-state index contributed by atoms with van der Waals surface area (Å²) in [7, 11) is 0. The Balaban J connectivity index is 1.38. The van der Waals surface area contributed by atoms with Gasteiger partial charge in [0.15, 0.2) is 5.11 Å². The highest BCUT2D eigenvalue weighted by Crippen LogP contribution is 2.28. The summed E-state index contributed by atoms with van der Waals surface area (Å²) in [4.78, 5) is 27.9. The van der Waals surface area contributed by atoms with Crippen LogP contribution in [0, 0.1) is 0 Å². The van der Waals surface area contributed by atoms with Gasteiger partial charge in [-0.25, -0.2) is 0 Å². The third kappa shape index (κ3) is 4.29. The largest absolute Gasteiger partial charge is 0.342 e. The van der Waals surface area contributed by atoms with Gasteiger partial charge < -0.3 is 4.57 Å². The maximum absolute atomic E-state index is 13.6. The van der Waals surface area contributed by atoms with E-state index in [2.05, 4.69) is 53.2 Å². The van der Waals surface area contributed by atoms with Gasteiger partial charge in [0, 0.05) is 29.2 Å².